The Hall–Kier alpha value is -2.17. The third-order valence-electron chi connectivity index (χ3n) is 6.69. The molecule has 36 heavy (non-hydrogen) atoms. The van der Waals surface area contributed by atoms with E-state index >= 15 is 0 Å². The molecule has 9 nitrogen and oxygen atoms in total. The smallest absolute Gasteiger partial charge is 0.410 e. The van der Waals surface area contributed by atoms with Crippen molar-refractivity contribution in [2.75, 3.05) is 38.2 Å². The van der Waals surface area contributed by atoms with Gasteiger partial charge in [0.15, 0.2) is 5.65 Å². The highest BCUT2D eigenvalue weighted by Crippen LogP contribution is 2.34. The lowest BCUT2D eigenvalue weighted by Gasteiger charge is -2.33. The van der Waals surface area contributed by atoms with Gasteiger partial charge in [-0.2, -0.15) is 0 Å². The van der Waals surface area contributed by atoms with Gasteiger partial charge >= 0.3 is 6.09 Å². The van der Waals surface area contributed by atoms with Crippen LogP contribution in [0.25, 0.3) is 11.2 Å². The second-order valence-corrected chi connectivity index (χ2v) is 17.9. The van der Waals surface area contributed by atoms with Gasteiger partial charge in [-0.3, -0.25) is 0 Å². The topological polar surface area (TPSA) is 90.7 Å². The SMILES string of the molecule is CC(C)(C)OC(=O)N1CCC(c2cn(COCC[Si](C)(C)C)c3ncc(N[C@@H]4CCOC4)nc23)CC1. The zero-order valence-corrected chi connectivity index (χ0v) is 23.8. The van der Waals surface area contributed by atoms with Crippen molar-refractivity contribution in [3.05, 3.63) is 18.0 Å². The molecule has 0 saturated carbocycles. The highest BCUT2D eigenvalue weighted by molar-refractivity contribution is 6.76. The number of hydrogen-bond donors (Lipinski definition) is 1. The molecule has 0 aromatic carbocycles. The highest BCUT2D eigenvalue weighted by atomic mass is 28.3. The van der Waals surface area contributed by atoms with Crippen LogP contribution in [-0.2, 0) is 20.9 Å². The molecule has 4 rings (SSSR count). The van der Waals surface area contributed by atoms with E-state index < -0.39 is 13.7 Å². The number of likely N-dealkylation sites (tertiary alicyclic amines) is 1. The van der Waals surface area contributed by atoms with Crippen molar-refractivity contribution in [2.24, 2.45) is 0 Å². The molecule has 2 aliphatic heterocycles. The van der Waals surface area contributed by atoms with Crippen molar-refractivity contribution in [2.45, 2.75) is 90.0 Å². The first-order valence-corrected chi connectivity index (χ1v) is 16.9. The van der Waals surface area contributed by atoms with E-state index in [2.05, 4.69) is 35.7 Å². The van der Waals surface area contributed by atoms with E-state index in [0.717, 1.165) is 55.5 Å². The maximum atomic E-state index is 12.5. The quantitative estimate of drug-likeness (QED) is 0.387. The summed E-state index contributed by atoms with van der Waals surface area (Å²) in [6.45, 7) is 16.8. The first-order chi connectivity index (χ1) is 17.0. The molecule has 0 spiro atoms. The average Bonchev–Trinajstić information content (AvgIpc) is 3.43. The molecule has 1 atom stereocenters. The van der Waals surface area contributed by atoms with Crippen LogP contribution in [0.15, 0.2) is 12.4 Å². The average molecular weight is 518 g/mol. The van der Waals surface area contributed by atoms with Crippen molar-refractivity contribution in [3.63, 3.8) is 0 Å². The first kappa shape index (κ1) is 26.9. The highest BCUT2D eigenvalue weighted by Gasteiger charge is 2.30. The molecule has 2 fully saturated rings. The summed E-state index contributed by atoms with van der Waals surface area (Å²) in [5, 5.41) is 3.48. The third kappa shape index (κ3) is 7.20. The van der Waals surface area contributed by atoms with Crippen molar-refractivity contribution < 1.29 is 19.0 Å². The second kappa shape index (κ2) is 11.1. The number of nitrogens with one attached hydrogen (secondary N) is 1. The van der Waals surface area contributed by atoms with Gasteiger partial charge in [-0.25, -0.2) is 14.8 Å². The molecule has 4 heterocycles. The zero-order valence-electron chi connectivity index (χ0n) is 22.8. The summed E-state index contributed by atoms with van der Waals surface area (Å²) in [7, 11) is -1.15. The minimum Gasteiger partial charge on any atom is -0.444 e. The van der Waals surface area contributed by atoms with Crippen molar-refractivity contribution in [3.8, 4) is 0 Å². The van der Waals surface area contributed by atoms with E-state index in [0.29, 0.717) is 32.3 Å². The Balaban J connectivity index is 1.51. The van der Waals surface area contributed by atoms with Gasteiger partial charge in [-0.1, -0.05) is 19.6 Å². The fraction of sp³-hybridized carbons (Fsp3) is 0.731. The normalized spacial score (nSPS) is 19.7. The molecule has 2 saturated heterocycles. The Kier molecular flexibility index (Phi) is 8.26. The summed E-state index contributed by atoms with van der Waals surface area (Å²) in [4.78, 5) is 24.2. The van der Waals surface area contributed by atoms with E-state index in [1.165, 1.54) is 5.56 Å². The summed E-state index contributed by atoms with van der Waals surface area (Å²) in [6.07, 6.45) is 6.45. The molecule has 1 amide bonds. The number of anilines is 1. The molecule has 200 valence electrons. The number of fused-ring (bicyclic) bond motifs is 1. The van der Waals surface area contributed by atoms with Gasteiger partial charge in [0.1, 0.15) is 23.7 Å². The summed E-state index contributed by atoms with van der Waals surface area (Å²) in [5.41, 5.74) is 2.46. The van der Waals surface area contributed by atoms with E-state index in [4.69, 9.17) is 24.2 Å². The van der Waals surface area contributed by atoms with E-state index in [-0.39, 0.29) is 12.1 Å². The van der Waals surface area contributed by atoms with Crippen LogP contribution < -0.4 is 5.32 Å². The Morgan fingerprint density at radius 1 is 1.22 bits per heavy atom. The van der Waals surface area contributed by atoms with Crippen molar-refractivity contribution >= 4 is 31.1 Å². The predicted molar refractivity (Wildman–Crippen MR) is 144 cm³/mol. The fourth-order valence-electron chi connectivity index (χ4n) is 4.64. The van der Waals surface area contributed by atoms with Crippen LogP contribution in [0.5, 0.6) is 0 Å². The van der Waals surface area contributed by atoms with Crippen LogP contribution in [0, 0.1) is 0 Å². The summed E-state index contributed by atoms with van der Waals surface area (Å²) in [5.74, 6) is 1.08. The van der Waals surface area contributed by atoms with Gasteiger partial charge < -0.3 is 29.0 Å². The molecule has 2 aromatic rings. The summed E-state index contributed by atoms with van der Waals surface area (Å²) >= 11 is 0. The van der Waals surface area contributed by atoms with Crippen LogP contribution in [-0.4, -0.2) is 78.2 Å². The Morgan fingerprint density at radius 3 is 2.61 bits per heavy atom. The number of aromatic nitrogens is 3. The summed E-state index contributed by atoms with van der Waals surface area (Å²) < 4.78 is 19.2. The maximum absolute atomic E-state index is 12.5. The summed E-state index contributed by atoms with van der Waals surface area (Å²) in [6, 6.07) is 1.40. The van der Waals surface area contributed by atoms with Gasteiger partial charge in [0.05, 0.1) is 18.8 Å². The number of piperidine rings is 1. The van der Waals surface area contributed by atoms with Gasteiger partial charge in [0.2, 0.25) is 0 Å². The van der Waals surface area contributed by atoms with Gasteiger partial charge in [0, 0.05) is 46.1 Å². The molecule has 0 bridgehead atoms. The molecule has 0 aliphatic carbocycles. The fourth-order valence-corrected chi connectivity index (χ4v) is 5.40. The zero-order chi connectivity index (χ0) is 25.9. The monoisotopic (exact) mass is 517 g/mol. The molecular weight excluding hydrogens is 474 g/mol. The maximum Gasteiger partial charge on any atom is 0.410 e. The number of rotatable bonds is 8. The van der Waals surface area contributed by atoms with Crippen LogP contribution in [0.3, 0.4) is 0 Å². The number of carbonyl (C=O) groups excluding carboxylic acids is 1. The van der Waals surface area contributed by atoms with Crippen molar-refractivity contribution in [1.29, 1.82) is 0 Å². The number of nitrogens with zero attached hydrogens (tertiary/aromatic N) is 4. The molecule has 1 N–H and O–H groups in total. The van der Waals surface area contributed by atoms with Crippen molar-refractivity contribution in [1.82, 2.24) is 19.4 Å². The molecule has 2 aliphatic rings. The van der Waals surface area contributed by atoms with E-state index in [9.17, 15) is 4.79 Å². The van der Waals surface area contributed by atoms with Gasteiger partial charge in [-0.05, 0) is 52.0 Å². The number of ether oxygens (including phenoxy) is 3. The number of hydrogen-bond acceptors (Lipinski definition) is 7. The molecular formula is C26H43N5O4Si. The largest absolute Gasteiger partial charge is 0.444 e. The van der Waals surface area contributed by atoms with Crippen LogP contribution >= 0.6 is 0 Å². The van der Waals surface area contributed by atoms with E-state index in [1.54, 1.807) is 0 Å². The Labute approximate surface area is 215 Å². The van der Waals surface area contributed by atoms with Crippen LogP contribution in [0.1, 0.15) is 51.5 Å². The molecule has 0 radical (unpaired) electrons. The van der Waals surface area contributed by atoms with Gasteiger partial charge in [0.25, 0.3) is 0 Å². The minimum atomic E-state index is -1.15. The number of carbonyl (C=O) groups is 1. The Bertz CT molecular complexity index is 1030. The minimum absolute atomic E-state index is 0.232. The first-order valence-electron chi connectivity index (χ1n) is 13.2. The molecule has 2 aromatic heterocycles. The lowest BCUT2D eigenvalue weighted by molar-refractivity contribution is 0.0205. The van der Waals surface area contributed by atoms with Crippen LogP contribution in [0.2, 0.25) is 25.7 Å². The standard InChI is InChI=1S/C26H43N5O4Si/c1-26(2,3)35-25(32)30-10-7-19(8-11-30)21-16-31(18-34-13-14-36(4,5)6)24-23(21)29-22(15-27-24)28-20-9-12-33-17-20/h15-16,19-20H,7-14,17-18H2,1-6H3,(H,28,29)/t20-/m1/s1. The number of amides is 1. The van der Waals surface area contributed by atoms with E-state index in [1.807, 2.05) is 31.9 Å². The molecule has 10 heteroatoms. The van der Waals surface area contributed by atoms with Crippen LogP contribution in [0.4, 0.5) is 10.6 Å². The second-order valence-electron chi connectivity index (χ2n) is 12.3. The molecule has 0 unspecified atom stereocenters. The Morgan fingerprint density at radius 2 is 1.97 bits per heavy atom. The predicted octanol–water partition coefficient (Wildman–Crippen LogP) is 5.06. The third-order valence-corrected chi connectivity index (χ3v) is 8.39. The van der Waals surface area contributed by atoms with Gasteiger partial charge in [-0.15, -0.1) is 0 Å². The lowest BCUT2D eigenvalue weighted by atomic mass is 9.91. The lowest BCUT2D eigenvalue weighted by Crippen LogP contribution is -2.41.